The van der Waals surface area contributed by atoms with Crippen LogP contribution in [0.4, 0.5) is 5.69 Å². The lowest BCUT2D eigenvalue weighted by Crippen LogP contribution is -2.37. The van der Waals surface area contributed by atoms with Gasteiger partial charge in [-0.1, -0.05) is 30.7 Å². The van der Waals surface area contributed by atoms with Crippen molar-refractivity contribution < 1.29 is 13.2 Å². The van der Waals surface area contributed by atoms with E-state index in [-0.39, 0.29) is 10.8 Å². The maximum atomic E-state index is 12.7. The topological polar surface area (TPSA) is 66.5 Å². The summed E-state index contributed by atoms with van der Waals surface area (Å²) >= 11 is 7.15. The SMILES string of the molecule is CC1CCN(S(=O)(=O)c2csc(C(=O)Nc3ccccc3Cl)c2)CC1. The van der Waals surface area contributed by atoms with E-state index < -0.39 is 10.0 Å². The fraction of sp³-hybridized carbons (Fsp3) is 0.353. The molecule has 0 atom stereocenters. The summed E-state index contributed by atoms with van der Waals surface area (Å²) in [7, 11) is -3.54. The van der Waals surface area contributed by atoms with Crippen molar-refractivity contribution in [1.82, 2.24) is 4.31 Å². The van der Waals surface area contributed by atoms with E-state index in [2.05, 4.69) is 12.2 Å². The van der Waals surface area contributed by atoms with Crippen molar-refractivity contribution in [2.45, 2.75) is 24.7 Å². The first-order chi connectivity index (χ1) is 11.9. The highest BCUT2D eigenvalue weighted by Gasteiger charge is 2.29. The van der Waals surface area contributed by atoms with Gasteiger partial charge in [-0.25, -0.2) is 8.42 Å². The van der Waals surface area contributed by atoms with Crippen LogP contribution >= 0.6 is 22.9 Å². The van der Waals surface area contributed by atoms with Gasteiger partial charge in [-0.3, -0.25) is 4.79 Å². The third kappa shape index (κ3) is 4.06. The lowest BCUT2D eigenvalue weighted by atomic mass is 10.0. The van der Waals surface area contributed by atoms with Crippen molar-refractivity contribution in [3.8, 4) is 0 Å². The largest absolute Gasteiger partial charge is 0.320 e. The molecule has 0 bridgehead atoms. The van der Waals surface area contributed by atoms with E-state index in [9.17, 15) is 13.2 Å². The quantitative estimate of drug-likeness (QED) is 0.843. The minimum atomic E-state index is -3.54. The molecule has 1 N–H and O–H groups in total. The van der Waals surface area contributed by atoms with Crippen molar-refractivity contribution in [2.75, 3.05) is 18.4 Å². The van der Waals surface area contributed by atoms with E-state index in [1.165, 1.54) is 15.8 Å². The Bertz CT molecular complexity index is 872. The molecule has 0 spiro atoms. The number of halogens is 1. The van der Waals surface area contributed by atoms with E-state index in [0.29, 0.717) is 34.6 Å². The zero-order valence-electron chi connectivity index (χ0n) is 13.7. The molecule has 5 nitrogen and oxygen atoms in total. The van der Waals surface area contributed by atoms with Gasteiger partial charge in [0.15, 0.2) is 0 Å². The van der Waals surface area contributed by atoms with Crippen LogP contribution < -0.4 is 5.32 Å². The van der Waals surface area contributed by atoms with Gasteiger partial charge in [0, 0.05) is 18.5 Å². The predicted octanol–water partition coefficient (Wildman–Crippen LogP) is 4.07. The minimum absolute atomic E-state index is 0.177. The maximum absolute atomic E-state index is 12.7. The van der Waals surface area contributed by atoms with Crippen LogP contribution in [0, 0.1) is 5.92 Å². The summed E-state index contributed by atoms with van der Waals surface area (Å²) in [5.41, 5.74) is 0.497. The van der Waals surface area contributed by atoms with Gasteiger partial charge in [0.05, 0.1) is 20.5 Å². The molecule has 1 aromatic carbocycles. The molecule has 1 aromatic heterocycles. The molecule has 134 valence electrons. The lowest BCUT2D eigenvalue weighted by molar-refractivity contribution is 0.103. The number of benzene rings is 1. The first-order valence-electron chi connectivity index (χ1n) is 8.02. The highest BCUT2D eigenvalue weighted by atomic mass is 35.5. The molecule has 1 aliphatic heterocycles. The molecule has 1 saturated heterocycles. The summed E-state index contributed by atoms with van der Waals surface area (Å²) in [6.45, 7) is 3.19. The molecule has 0 radical (unpaired) electrons. The second-order valence-corrected chi connectivity index (χ2v) is 9.42. The fourth-order valence-corrected chi connectivity index (χ4v) is 5.50. The van der Waals surface area contributed by atoms with Crippen molar-refractivity contribution in [3.05, 3.63) is 45.6 Å². The number of anilines is 1. The third-order valence-corrected chi connectivity index (χ3v) is 7.59. The van der Waals surface area contributed by atoms with Gasteiger partial charge in [0.2, 0.25) is 10.0 Å². The summed E-state index contributed by atoms with van der Waals surface area (Å²) in [4.78, 5) is 12.9. The zero-order chi connectivity index (χ0) is 18.0. The van der Waals surface area contributed by atoms with Crippen LogP contribution in [0.15, 0.2) is 40.6 Å². The standard InChI is InChI=1S/C17H19ClN2O3S2/c1-12-6-8-20(9-7-12)25(22,23)13-10-16(24-11-13)17(21)19-15-5-3-2-4-14(15)18/h2-5,10-12H,6-9H2,1H3,(H,19,21). The summed E-state index contributed by atoms with van der Waals surface area (Å²) in [6.07, 6.45) is 1.73. The normalized spacial score (nSPS) is 16.7. The first-order valence-corrected chi connectivity index (χ1v) is 10.7. The fourth-order valence-electron chi connectivity index (χ4n) is 2.69. The number of rotatable bonds is 4. The van der Waals surface area contributed by atoms with Crippen LogP contribution in [-0.4, -0.2) is 31.7 Å². The Hall–Kier alpha value is -1.41. The number of nitrogens with one attached hydrogen (secondary N) is 1. The number of carbonyl (C=O) groups is 1. The molecule has 2 aromatic rings. The molecule has 0 unspecified atom stereocenters. The Morgan fingerprint density at radius 1 is 1.28 bits per heavy atom. The van der Waals surface area contributed by atoms with E-state index in [1.54, 1.807) is 24.3 Å². The number of carbonyl (C=O) groups excluding carboxylic acids is 1. The monoisotopic (exact) mass is 398 g/mol. The molecule has 1 aliphatic rings. The van der Waals surface area contributed by atoms with Gasteiger partial charge in [0.25, 0.3) is 5.91 Å². The second kappa shape index (κ2) is 7.45. The van der Waals surface area contributed by atoms with E-state index in [0.717, 1.165) is 24.2 Å². The molecule has 2 heterocycles. The van der Waals surface area contributed by atoms with Crippen LogP contribution in [0.3, 0.4) is 0 Å². The van der Waals surface area contributed by atoms with Gasteiger partial charge in [-0.05, 0) is 37.0 Å². The molecule has 1 amide bonds. The van der Waals surface area contributed by atoms with Gasteiger partial charge in [-0.15, -0.1) is 11.3 Å². The van der Waals surface area contributed by atoms with Crippen LogP contribution in [0.2, 0.25) is 5.02 Å². The average molecular weight is 399 g/mol. The Morgan fingerprint density at radius 3 is 2.64 bits per heavy atom. The van der Waals surface area contributed by atoms with E-state index in [1.807, 2.05) is 0 Å². The van der Waals surface area contributed by atoms with E-state index >= 15 is 0 Å². The molecule has 0 saturated carbocycles. The first kappa shape index (κ1) is 18.4. The number of thiophene rings is 1. The van der Waals surface area contributed by atoms with Crippen LogP contribution in [0.5, 0.6) is 0 Å². The smallest absolute Gasteiger partial charge is 0.265 e. The molecule has 1 fully saturated rings. The molecular weight excluding hydrogens is 380 g/mol. The van der Waals surface area contributed by atoms with Crippen LogP contribution in [0.25, 0.3) is 0 Å². The third-order valence-electron chi connectivity index (χ3n) is 4.30. The average Bonchev–Trinajstić information content (AvgIpc) is 3.08. The molecule has 8 heteroatoms. The van der Waals surface area contributed by atoms with Crippen LogP contribution in [-0.2, 0) is 10.0 Å². The van der Waals surface area contributed by atoms with Crippen molar-refractivity contribution in [2.24, 2.45) is 5.92 Å². The number of sulfonamides is 1. The van der Waals surface area contributed by atoms with Crippen molar-refractivity contribution in [3.63, 3.8) is 0 Å². The number of nitrogens with zero attached hydrogens (tertiary/aromatic N) is 1. The molecule has 0 aliphatic carbocycles. The summed E-state index contributed by atoms with van der Waals surface area (Å²) < 4.78 is 26.9. The van der Waals surface area contributed by atoms with E-state index in [4.69, 9.17) is 11.6 Å². The highest BCUT2D eigenvalue weighted by Crippen LogP contribution is 2.28. The molecule has 3 rings (SSSR count). The zero-order valence-corrected chi connectivity index (χ0v) is 16.1. The molecular formula is C17H19ClN2O3S2. The van der Waals surface area contributed by atoms with Gasteiger partial charge < -0.3 is 5.32 Å². The maximum Gasteiger partial charge on any atom is 0.265 e. The summed E-state index contributed by atoms with van der Waals surface area (Å²) in [5.74, 6) is 0.178. The Kier molecular flexibility index (Phi) is 5.48. The number of hydrogen-bond acceptors (Lipinski definition) is 4. The summed E-state index contributed by atoms with van der Waals surface area (Å²) in [6, 6.07) is 8.35. The van der Waals surface area contributed by atoms with Crippen LogP contribution in [0.1, 0.15) is 29.4 Å². The second-order valence-electron chi connectivity index (χ2n) is 6.17. The Morgan fingerprint density at radius 2 is 1.96 bits per heavy atom. The number of piperidine rings is 1. The number of hydrogen-bond donors (Lipinski definition) is 1. The number of amides is 1. The van der Waals surface area contributed by atoms with Gasteiger partial charge in [-0.2, -0.15) is 4.31 Å². The van der Waals surface area contributed by atoms with Crippen molar-refractivity contribution >= 4 is 44.6 Å². The minimum Gasteiger partial charge on any atom is -0.320 e. The number of para-hydroxylation sites is 1. The van der Waals surface area contributed by atoms with Crippen molar-refractivity contribution in [1.29, 1.82) is 0 Å². The predicted molar refractivity (Wildman–Crippen MR) is 101 cm³/mol. The van der Waals surface area contributed by atoms with Gasteiger partial charge >= 0.3 is 0 Å². The lowest BCUT2D eigenvalue weighted by Gasteiger charge is -2.29. The molecule has 25 heavy (non-hydrogen) atoms. The highest BCUT2D eigenvalue weighted by molar-refractivity contribution is 7.89. The summed E-state index contributed by atoms with van der Waals surface area (Å²) in [5, 5.41) is 4.66. The van der Waals surface area contributed by atoms with Gasteiger partial charge in [0.1, 0.15) is 0 Å². The Labute approximate surface area is 156 Å². The Balaban J connectivity index is 1.75.